The number of furan rings is 1. The molecule has 0 spiro atoms. The highest BCUT2D eigenvalue weighted by molar-refractivity contribution is 7.88. The number of carboxylic acid groups (broad SMARTS) is 1. The minimum absolute atomic E-state index is 0.124. The third-order valence-corrected chi connectivity index (χ3v) is 5.50. The zero-order chi connectivity index (χ0) is 21.8. The Balaban J connectivity index is 0.000000370. The van der Waals surface area contributed by atoms with Crippen molar-refractivity contribution in [3.63, 3.8) is 0 Å². The molecule has 0 radical (unpaired) electrons. The van der Waals surface area contributed by atoms with Crippen LogP contribution >= 0.6 is 0 Å². The monoisotopic (exact) mass is 442 g/mol. The minimum atomic E-state index is -5.08. The molecular formula is C17H25F3N2O6S. The van der Waals surface area contributed by atoms with Crippen LogP contribution < -0.4 is 4.72 Å². The van der Waals surface area contributed by atoms with Crippen molar-refractivity contribution in [3.05, 3.63) is 23.7 Å². The van der Waals surface area contributed by atoms with E-state index < -0.39 is 22.2 Å². The van der Waals surface area contributed by atoms with Crippen molar-refractivity contribution in [2.75, 3.05) is 32.6 Å². The van der Waals surface area contributed by atoms with E-state index in [0.717, 1.165) is 37.6 Å². The topological polar surface area (TPSA) is 109 Å². The van der Waals surface area contributed by atoms with Gasteiger partial charge in [-0.25, -0.2) is 17.9 Å². The summed E-state index contributed by atoms with van der Waals surface area (Å²) in [7, 11) is -3.21. The van der Waals surface area contributed by atoms with Crippen molar-refractivity contribution in [3.8, 4) is 0 Å². The molecule has 166 valence electrons. The van der Waals surface area contributed by atoms with Gasteiger partial charge in [-0.05, 0) is 18.1 Å². The lowest BCUT2D eigenvalue weighted by atomic mass is 9.88. The van der Waals surface area contributed by atoms with E-state index in [1.54, 1.807) is 0 Å². The van der Waals surface area contributed by atoms with Crippen LogP contribution in [-0.4, -0.2) is 69.2 Å². The van der Waals surface area contributed by atoms with E-state index in [1.165, 1.54) is 6.26 Å². The van der Waals surface area contributed by atoms with E-state index >= 15 is 0 Å². The number of nitrogens with one attached hydrogen (secondary N) is 1. The van der Waals surface area contributed by atoms with Gasteiger partial charge in [-0.2, -0.15) is 13.2 Å². The predicted molar refractivity (Wildman–Crippen MR) is 96.6 cm³/mol. The Morgan fingerprint density at radius 1 is 1.28 bits per heavy atom. The highest BCUT2D eigenvalue weighted by Gasteiger charge is 2.42. The summed E-state index contributed by atoms with van der Waals surface area (Å²) in [6, 6.07) is 3.93. The molecule has 1 aromatic rings. The maximum atomic E-state index is 11.5. The van der Waals surface area contributed by atoms with Gasteiger partial charge >= 0.3 is 12.1 Å². The molecule has 3 atom stereocenters. The molecule has 1 aromatic heterocycles. The largest absolute Gasteiger partial charge is 0.490 e. The van der Waals surface area contributed by atoms with E-state index in [0.29, 0.717) is 25.0 Å². The van der Waals surface area contributed by atoms with Crippen LogP contribution in [0.1, 0.15) is 18.4 Å². The Kier molecular flexibility index (Phi) is 7.71. The van der Waals surface area contributed by atoms with Gasteiger partial charge in [0, 0.05) is 31.5 Å². The lowest BCUT2D eigenvalue weighted by molar-refractivity contribution is -0.192. The van der Waals surface area contributed by atoms with E-state index in [9.17, 15) is 21.6 Å². The molecule has 2 aliphatic rings. The van der Waals surface area contributed by atoms with Crippen molar-refractivity contribution in [1.82, 2.24) is 9.62 Å². The molecule has 0 aromatic carbocycles. The molecule has 0 unspecified atom stereocenters. The summed E-state index contributed by atoms with van der Waals surface area (Å²) in [6.45, 7) is 5.83. The molecule has 2 aliphatic heterocycles. The molecule has 3 rings (SSSR count). The second kappa shape index (κ2) is 9.45. The van der Waals surface area contributed by atoms with Gasteiger partial charge in [-0.3, -0.25) is 4.90 Å². The van der Waals surface area contributed by atoms with Crippen LogP contribution in [0, 0.1) is 11.8 Å². The molecule has 0 bridgehead atoms. The minimum Gasteiger partial charge on any atom is -0.475 e. The van der Waals surface area contributed by atoms with Gasteiger partial charge in [-0.15, -0.1) is 0 Å². The van der Waals surface area contributed by atoms with Gasteiger partial charge in [0.2, 0.25) is 10.0 Å². The summed E-state index contributed by atoms with van der Waals surface area (Å²) in [5.41, 5.74) is 0. The van der Waals surface area contributed by atoms with Crippen LogP contribution in [0.3, 0.4) is 0 Å². The number of aliphatic carboxylic acids is 1. The fourth-order valence-electron chi connectivity index (χ4n) is 3.53. The Bertz CT molecular complexity index is 795. The first-order chi connectivity index (χ1) is 13.4. The third kappa shape index (κ3) is 7.28. The van der Waals surface area contributed by atoms with Crippen molar-refractivity contribution < 1.29 is 40.6 Å². The molecule has 12 heteroatoms. The van der Waals surface area contributed by atoms with E-state index in [2.05, 4.69) is 16.5 Å². The number of halogens is 3. The van der Waals surface area contributed by atoms with Gasteiger partial charge < -0.3 is 14.3 Å². The molecular weight excluding hydrogens is 417 g/mol. The quantitative estimate of drug-likeness (QED) is 0.711. The lowest BCUT2D eigenvalue weighted by Gasteiger charge is -2.32. The molecule has 2 saturated heterocycles. The second-order valence-corrected chi connectivity index (χ2v) is 8.96. The van der Waals surface area contributed by atoms with Crippen molar-refractivity contribution in [2.45, 2.75) is 32.1 Å². The average Bonchev–Trinajstić information content (AvgIpc) is 3.20. The Morgan fingerprint density at radius 2 is 1.90 bits per heavy atom. The van der Waals surface area contributed by atoms with Gasteiger partial charge in [0.05, 0.1) is 26.0 Å². The van der Waals surface area contributed by atoms with E-state index in [1.807, 2.05) is 12.1 Å². The number of ether oxygens (including phenoxy) is 1. The molecule has 8 nitrogen and oxygen atoms in total. The first-order valence-corrected chi connectivity index (χ1v) is 10.9. The molecule has 0 aliphatic carbocycles. The van der Waals surface area contributed by atoms with Crippen molar-refractivity contribution in [2.24, 2.45) is 11.8 Å². The van der Waals surface area contributed by atoms with Crippen LogP contribution in [0.2, 0.25) is 0 Å². The Morgan fingerprint density at radius 3 is 2.41 bits per heavy atom. The summed E-state index contributed by atoms with van der Waals surface area (Å²) < 4.78 is 68.8. The highest BCUT2D eigenvalue weighted by Crippen LogP contribution is 2.31. The van der Waals surface area contributed by atoms with Gasteiger partial charge in [-0.1, -0.05) is 6.92 Å². The standard InChI is InChI=1S/C15H24N2O4S.C2HF3O2/c1-3-12-4-5-13(21-12)7-17-6-11-9-20-10-15(14(11)8-17)16-22(2,18)19;3-2(4,5)1(6)7/h4-5,11,14-16H,3,6-10H2,1-2H3;(H,6,7)/t11-,14-,15+;/m1./s1. The number of aryl methyl sites for hydroxylation is 1. The van der Waals surface area contributed by atoms with Crippen LogP contribution in [-0.2, 0) is 32.5 Å². The Labute approximate surface area is 167 Å². The van der Waals surface area contributed by atoms with E-state index in [4.69, 9.17) is 19.1 Å². The van der Waals surface area contributed by atoms with Crippen LogP contribution in [0.25, 0.3) is 0 Å². The molecule has 0 saturated carbocycles. The van der Waals surface area contributed by atoms with Crippen molar-refractivity contribution in [1.29, 1.82) is 0 Å². The molecule has 29 heavy (non-hydrogen) atoms. The second-order valence-electron chi connectivity index (χ2n) is 7.18. The number of carbonyl (C=O) groups is 1. The molecule has 0 amide bonds. The number of rotatable bonds is 5. The molecule has 3 heterocycles. The number of alkyl halides is 3. The fraction of sp³-hybridized carbons (Fsp3) is 0.706. The molecule has 2 N–H and O–H groups in total. The zero-order valence-corrected chi connectivity index (χ0v) is 16.9. The SMILES string of the molecule is CCc1ccc(CN2C[C@@H]3COC[C@H](NS(C)(=O)=O)[C@@H]3C2)o1.O=C(O)C(F)(F)F. The number of nitrogens with zero attached hydrogens (tertiary/aromatic N) is 1. The maximum Gasteiger partial charge on any atom is 0.490 e. The number of hydrogen-bond acceptors (Lipinski definition) is 6. The van der Waals surface area contributed by atoms with Gasteiger partial charge in [0.25, 0.3) is 0 Å². The lowest BCUT2D eigenvalue weighted by Crippen LogP contribution is -2.49. The average molecular weight is 442 g/mol. The van der Waals surface area contributed by atoms with Crippen LogP contribution in [0.4, 0.5) is 13.2 Å². The first-order valence-electron chi connectivity index (χ1n) is 9.04. The summed E-state index contributed by atoms with van der Waals surface area (Å²) in [4.78, 5) is 11.2. The number of fused-ring (bicyclic) bond motifs is 1. The van der Waals surface area contributed by atoms with Crippen LogP contribution in [0.15, 0.2) is 16.5 Å². The summed E-state index contributed by atoms with van der Waals surface area (Å²) in [6.07, 6.45) is -2.97. The number of carboxylic acids is 1. The van der Waals surface area contributed by atoms with Crippen LogP contribution in [0.5, 0.6) is 0 Å². The van der Waals surface area contributed by atoms with Gasteiger partial charge in [0.1, 0.15) is 11.5 Å². The smallest absolute Gasteiger partial charge is 0.475 e. The maximum absolute atomic E-state index is 11.5. The fourth-order valence-corrected chi connectivity index (χ4v) is 4.33. The van der Waals surface area contributed by atoms with Gasteiger partial charge in [0.15, 0.2) is 0 Å². The third-order valence-electron chi connectivity index (χ3n) is 4.77. The predicted octanol–water partition coefficient (Wildman–Crippen LogP) is 1.47. The first kappa shape index (κ1) is 23.6. The molecule has 2 fully saturated rings. The number of hydrogen-bond donors (Lipinski definition) is 2. The number of sulfonamides is 1. The number of likely N-dealkylation sites (tertiary alicyclic amines) is 1. The summed E-state index contributed by atoms with van der Waals surface area (Å²) in [5, 5.41) is 7.12. The van der Waals surface area contributed by atoms with E-state index in [-0.39, 0.29) is 6.04 Å². The Hall–Kier alpha value is -1.63. The highest BCUT2D eigenvalue weighted by atomic mass is 32.2. The normalized spacial score (nSPS) is 25.2. The van der Waals surface area contributed by atoms with Crippen molar-refractivity contribution >= 4 is 16.0 Å². The summed E-state index contributed by atoms with van der Waals surface area (Å²) >= 11 is 0. The summed E-state index contributed by atoms with van der Waals surface area (Å²) in [5.74, 6) is -0.0826. The zero-order valence-electron chi connectivity index (χ0n) is 16.1.